The lowest BCUT2D eigenvalue weighted by Gasteiger charge is -2.32. The Hall–Kier alpha value is -3.63. The highest BCUT2D eigenvalue weighted by Crippen LogP contribution is 2.43. The van der Waals surface area contributed by atoms with E-state index in [4.69, 9.17) is 10.5 Å². The van der Waals surface area contributed by atoms with Gasteiger partial charge in [0.05, 0.1) is 18.5 Å². The standard InChI is InChI=1S/C30H32F4N2O4/c1-17-12-19(8-9-23(17)31)24-15-22(28(3,4)35)16-27(36-24)29(39,30(32,33)34)11-10-25(38)20-6-7-21(13-18(2)37)26(14-20)40-5/h6-9,12,14-16,39H,10-11,13,35H2,1-5H3. The summed E-state index contributed by atoms with van der Waals surface area (Å²) in [4.78, 5) is 28.6. The Morgan fingerprint density at radius 3 is 2.27 bits per heavy atom. The Bertz CT molecular complexity index is 1430. The summed E-state index contributed by atoms with van der Waals surface area (Å²) in [5.74, 6) is -1.03. The molecule has 0 aliphatic carbocycles. The molecule has 214 valence electrons. The van der Waals surface area contributed by atoms with E-state index in [1.54, 1.807) is 13.8 Å². The van der Waals surface area contributed by atoms with Crippen LogP contribution in [0.2, 0.25) is 0 Å². The van der Waals surface area contributed by atoms with Crippen molar-refractivity contribution in [3.63, 3.8) is 0 Å². The molecule has 6 nitrogen and oxygen atoms in total. The third kappa shape index (κ3) is 6.74. The van der Waals surface area contributed by atoms with Crippen molar-refractivity contribution >= 4 is 11.6 Å². The Balaban J connectivity index is 2.04. The minimum Gasteiger partial charge on any atom is -0.496 e. The first-order chi connectivity index (χ1) is 18.5. The molecule has 1 unspecified atom stereocenters. The number of nitrogens with two attached hydrogens (primary N) is 1. The molecule has 0 radical (unpaired) electrons. The van der Waals surface area contributed by atoms with Crippen LogP contribution >= 0.6 is 0 Å². The minimum atomic E-state index is -5.20. The summed E-state index contributed by atoms with van der Waals surface area (Å²) in [5.41, 5.74) is 2.41. The highest BCUT2D eigenvalue weighted by Gasteiger charge is 2.56. The highest BCUT2D eigenvalue weighted by atomic mass is 19.4. The van der Waals surface area contributed by atoms with Crippen LogP contribution in [0, 0.1) is 12.7 Å². The van der Waals surface area contributed by atoms with E-state index >= 15 is 0 Å². The number of aromatic nitrogens is 1. The third-order valence-corrected chi connectivity index (χ3v) is 6.68. The number of rotatable bonds is 10. The number of Topliss-reactive ketones (excluding diaryl/α,β-unsaturated/α-hetero) is 2. The molecule has 0 bridgehead atoms. The van der Waals surface area contributed by atoms with Crippen LogP contribution in [0.1, 0.15) is 66.4 Å². The maximum atomic E-state index is 14.5. The van der Waals surface area contributed by atoms with Gasteiger partial charge in [0, 0.05) is 35.1 Å². The fourth-order valence-electron chi connectivity index (χ4n) is 4.25. The SMILES string of the molecule is COc1cc(C(=O)CCC(O)(c2cc(C(C)(C)N)cc(-c3ccc(F)c(C)c3)n2)C(F)(F)F)ccc1CC(C)=O. The van der Waals surface area contributed by atoms with Crippen LogP contribution in [0.4, 0.5) is 17.6 Å². The molecule has 40 heavy (non-hydrogen) atoms. The Morgan fingerprint density at radius 2 is 1.73 bits per heavy atom. The van der Waals surface area contributed by atoms with Gasteiger partial charge < -0.3 is 15.6 Å². The zero-order chi connectivity index (χ0) is 30.0. The van der Waals surface area contributed by atoms with Crippen LogP contribution in [-0.2, 0) is 22.4 Å². The Kier molecular flexibility index (Phi) is 8.86. The number of alkyl halides is 3. The molecule has 1 atom stereocenters. The van der Waals surface area contributed by atoms with Crippen molar-refractivity contribution in [2.45, 2.75) is 64.3 Å². The van der Waals surface area contributed by atoms with Gasteiger partial charge in [-0.3, -0.25) is 9.59 Å². The first kappa shape index (κ1) is 30.9. The molecule has 0 spiro atoms. The average Bonchev–Trinajstić information content (AvgIpc) is 2.87. The zero-order valence-corrected chi connectivity index (χ0v) is 22.9. The number of hydrogen-bond acceptors (Lipinski definition) is 6. The summed E-state index contributed by atoms with van der Waals surface area (Å²) < 4.78 is 62.6. The second-order valence-electron chi connectivity index (χ2n) is 10.5. The van der Waals surface area contributed by atoms with Crippen molar-refractivity contribution in [3.8, 4) is 17.0 Å². The number of benzene rings is 2. The smallest absolute Gasteiger partial charge is 0.422 e. The summed E-state index contributed by atoms with van der Waals surface area (Å²) in [6.45, 7) is 6.08. The minimum absolute atomic E-state index is 0.0638. The van der Waals surface area contributed by atoms with Gasteiger partial charge in [0.15, 0.2) is 5.78 Å². The molecule has 0 amide bonds. The van der Waals surface area contributed by atoms with E-state index < -0.39 is 47.5 Å². The van der Waals surface area contributed by atoms with Gasteiger partial charge in [-0.1, -0.05) is 12.1 Å². The maximum absolute atomic E-state index is 14.5. The number of ketones is 2. The lowest BCUT2D eigenvalue weighted by Crippen LogP contribution is -2.44. The summed E-state index contributed by atoms with van der Waals surface area (Å²) in [7, 11) is 1.35. The van der Waals surface area contributed by atoms with Gasteiger partial charge >= 0.3 is 6.18 Å². The molecule has 1 aromatic heterocycles. The van der Waals surface area contributed by atoms with E-state index in [0.29, 0.717) is 11.1 Å². The maximum Gasteiger partial charge on any atom is 0.422 e. The lowest BCUT2D eigenvalue weighted by atomic mass is 9.86. The van der Waals surface area contributed by atoms with Crippen LogP contribution in [0.5, 0.6) is 5.75 Å². The number of aryl methyl sites for hydroxylation is 1. The number of hydrogen-bond donors (Lipinski definition) is 2. The lowest BCUT2D eigenvalue weighted by molar-refractivity contribution is -0.270. The predicted octanol–water partition coefficient (Wildman–Crippen LogP) is 5.94. The van der Waals surface area contributed by atoms with Gasteiger partial charge in [-0.25, -0.2) is 9.37 Å². The predicted molar refractivity (Wildman–Crippen MR) is 142 cm³/mol. The normalized spacial score (nSPS) is 13.6. The first-order valence-corrected chi connectivity index (χ1v) is 12.5. The number of aliphatic hydroxyl groups is 1. The average molecular weight is 561 g/mol. The van der Waals surface area contributed by atoms with E-state index in [2.05, 4.69) is 4.98 Å². The molecule has 0 saturated carbocycles. The molecule has 10 heteroatoms. The van der Waals surface area contributed by atoms with Crippen molar-refractivity contribution in [2.24, 2.45) is 5.73 Å². The second-order valence-corrected chi connectivity index (χ2v) is 10.5. The Morgan fingerprint density at radius 1 is 1.05 bits per heavy atom. The summed E-state index contributed by atoms with van der Waals surface area (Å²) in [6, 6.07) is 10.8. The summed E-state index contributed by atoms with van der Waals surface area (Å²) in [6.07, 6.45) is -6.82. The number of carbonyl (C=O) groups excluding carboxylic acids is 2. The summed E-state index contributed by atoms with van der Waals surface area (Å²) in [5, 5.41) is 11.1. The Labute approximate surface area is 230 Å². The first-order valence-electron chi connectivity index (χ1n) is 12.5. The number of nitrogens with zero attached hydrogens (tertiary/aromatic N) is 1. The topological polar surface area (TPSA) is 103 Å². The number of halogens is 4. The quantitative estimate of drug-likeness (QED) is 0.235. The molecular formula is C30H32F4N2O4. The molecule has 0 fully saturated rings. The molecule has 3 N–H and O–H groups in total. The zero-order valence-electron chi connectivity index (χ0n) is 22.9. The van der Waals surface area contributed by atoms with Gasteiger partial charge in [0.25, 0.3) is 0 Å². The molecule has 0 aliphatic rings. The van der Waals surface area contributed by atoms with Gasteiger partial charge in [0.2, 0.25) is 5.60 Å². The molecule has 2 aromatic carbocycles. The van der Waals surface area contributed by atoms with E-state index in [9.17, 15) is 32.3 Å². The van der Waals surface area contributed by atoms with Gasteiger partial charge in [-0.05, 0) is 81.6 Å². The van der Waals surface area contributed by atoms with Crippen molar-refractivity contribution in [3.05, 3.63) is 82.3 Å². The number of carbonyl (C=O) groups is 2. The number of pyridine rings is 1. The van der Waals surface area contributed by atoms with Crippen LogP contribution in [0.3, 0.4) is 0 Å². The van der Waals surface area contributed by atoms with Crippen molar-refractivity contribution in [1.82, 2.24) is 4.98 Å². The fourth-order valence-corrected chi connectivity index (χ4v) is 4.25. The molecule has 1 heterocycles. The number of methoxy groups -OCH3 is 1. The van der Waals surface area contributed by atoms with Crippen molar-refractivity contribution < 1.29 is 37.0 Å². The molecule has 3 aromatic rings. The van der Waals surface area contributed by atoms with Gasteiger partial charge in [0.1, 0.15) is 17.3 Å². The fraction of sp³-hybridized carbons (Fsp3) is 0.367. The summed E-state index contributed by atoms with van der Waals surface area (Å²) >= 11 is 0. The van der Waals surface area contributed by atoms with Crippen LogP contribution in [0.15, 0.2) is 48.5 Å². The molecular weight excluding hydrogens is 528 g/mol. The van der Waals surface area contributed by atoms with E-state index in [1.165, 1.54) is 63.4 Å². The van der Waals surface area contributed by atoms with Crippen LogP contribution in [0.25, 0.3) is 11.3 Å². The monoisotopic (exact) mass is 560 g/mol. The highest BCUT2D eigenvalue weighted by molar-refractivity contribution is 5.96. The van der Waals surface area contributed by atoms with Gasteiger partial charge in [-0.2, -0.15) is 13.2 Å². The van der Waals surface area contributed by atoms with Crippen molar-refractivity contribution in [1.29, 1.82) is 0 Å². The van der Waals surface area contributed by atoms with E-state index in [-0.39, 0.29) is 40.3 Å². The van der Waals surface area contributed by atoms with E-state index in [0.717, 1.165) is 6.07 Å². The van der Waals surface area contributed by atoms with E-state index in [1.807, 2.05) is 0 Å². The van der Waals surface area contributed by atoms with Crippen molar-refractivity contribution in [2.75, 3.05) is 7.11 Å². The van der Waals surface area contributed by atoms with Crippen LogP contribution in [-0.4, -0.2) is 34.9 Å². The molecule has 3 rings (SSSR count). The van der Waals surface area contributed by atoms with Gasteiger partial charge in [-0.15, -0.1) is 0 Å². The third-order valence-electron chi connectivity index (χ3n) is 6.68. The number of ether oxygens (including phenoxy) is 1. The second kappa shape index (κ2) is 11.5. The largest absolute Gasteiger partial charge is 0.496 e. The van der Waals surface area contributed by atoms with Crippen LogP contribution < -0.4 is 10.5 Å². The molecule has 0 aliphatic heterocycles. The molecule has 0 saturated heterocycles.